The molecule has 0 spiro atoms. The highest BCUT2D eigenvalue weighted by molar-refractivity contribution is 6.74. The molecule has 2 N–H and O–H groups in total. The molecule has 1 fully saturated rings. The van der Waals surface area contributed by atoms with Gasteiger partial charge in [0.05, 0.1) is 19.8 Å². The maximum Gasteiger partial charge on any atom is 0.407 e. The number of benzene rings is 3. The first-order chi connectivity index (χ1) is 20.5. The molecule has 1 saturated heterocycles. The fourth-order valence-corrected chi connectivity index (χ4v) is 5.65. The van der Waals surface area contributed by atoms with Crippen molar-refractivity contribution in [1.82, 2.24) is 5.32 Å². The van der Waals surface area contributed by atoms with Crippen LogP contribution in [0.25, 0.3) is 0 Å². The molecule has 43 heavy (non-hydrogen) atoms. The van der Waals surface area contributed by atoms with Crippen molar-refractivity contribution in [3.63, 3.8) is 0 Å². The molecule has 1 aliphatic rings. The molecule has 0 aliphatic carbocycles. The van der Waals surface area contributed by atoms with Crippen LogP contribution < -0.4 is 5.32 Å². The van der Waals surface area contributed by atoms with Crippen molar-refractivity contribution in [1.29, 1.82) is 0 Å². The lowest BCUT2D eigenvalue weighted by molar-refractivity contribution is -0.261. The molecule has 0 radical (unpaired) electrons. The number of hydrogen-bond acceptors (Lipinski definition) is 7. The summed E-state index contributed by atoms with van der Waals surface area (Å²) in [6.07, 6.45) is -4.28. The van der Waals surface area contributed by atoms with Gasteiger partial charge in [0.2, 0.25) is 0 Å². The Morgan fingerprint density at radius 1 is 0.837 bits per heavy atom. The Kier molecular flexibility index (Phi) is 11.5. The Bertz CT molecular complexity index is 1250. The van der Waals surface area contributed by atoms with Crippen LogP contribution in [0.2, 0.25) is 18.1 Å². The van der Waals surface area contributed by atoms with Crippen LogP contribution in [0.4, 0.5) is 4.79 Å². The zero-order valence-electron chi connectivity index (χ0n) is 25.8. The minimum Gasteiger partial charge on any atom is -0.445 e. The Morgan fingerprint density at radius 2 is 1.35 bits per heavy atom. The van der Waals surface area contributed by atoms with Crippen LogP contribution in [-0.4, -0.2) is 56.8 Å². The lowest BCUT2D eigenvalue weighted by atomic mass is 9.96. The molecule has 1 aliphatic heterocycles. The van der Waals surface area contributed by atoms with Gasteiger partial charge in [-0.25, -0.2) is 4.79 Å². The van der Waals surface area contributed by atoms with Gasteiger partial charge in [0, 0.05) is 0 Å². The lowest BCUT2D eigenvalue weighted by Gasteiger charge is -2.48. The molecule has 3 aromatic carbocycles. The number of aliphatic hydroxyl groups is 1. The topological polar surface area (TPSA) is 95.5 Å². The molecule has 0 bridgehead atoms. The van der Waals surface area contributed by atoms with Crippen LogP contribution in [0.5, 0.6) is 0 Å². The van der Waals surface area contributed by atoms with E-state index >= 15 is 0 Å². The largest absolute Gasteiger partial charge is 0.445 e. The van der Waals surface area contributed by atoms with E-state index in [1.807, 2.05) is 91.0 Å². The third-order valence-corrected chi connectivity index (χ3v) is 12.5. The summed E-state index contributed by atoms with van der Waals surface area (Å²) >= 11 is 0. The molecule has 4 rings (SSSR count). The van der Waals surface area contributed by atoms with Gasteiger partial charge in [-0.2, -0.15) is 0 Å². The predicted molar refractivity (Wildman–Crippen MR) is 168 cm³/mol. The molecule has 1 heterocycles. The van der Waals surface area contributed by atoms with E-state index in [2.05, 4.69) is 39.2 Å². The zero-order valence-corrected chi connectivity index (χ0v) is 26.8. The number of nitrogens with one attached hydrogen (secondary N) is 1. The molecule has 9 heteroatoms. The van der Waals surface area contributed by atoms with Crippen molar-refractivity contribution >= 4 is 14.4 Å². The molecule has 0 saturated carbocycles. The number of alkyl carbamates (subject to hydrolysis) is 1. The average molecular weight is 608 g/mol. The van der Waals surface area contributed by atoms with Crippen molar-refractivity contribution in [2.24, 2.45) is 0 Å². The zero-order chi connectivity index (χ0) is 30.9. The summed E-state index contributed by atoms with van der Waals surface area (Å²) in [4.78, 5) is 13.1. The Labute approximate surface area is 256 Å². The Balaban J connectivity index is 1.56. The highest BCUT2D eigenvalue weighted by Gasteiger charge is 2.51. The highest BCUT2D eigenvalue weighted by atomic mass is 28.4. The van der Waals surface area contributed by atoms with Crippen molar-refractivity contribution < 1.29 is 33.3 Å². The molecule has 1 amide bonds. The molecule has 0 aromatic heterocycles. The Morgan fingerprint density at radius 3 is 1.88 bits per heavy atom. The van der Waals surface area contributed by atoms with E-state index in [0.29, 0.717) is 6.61 Å². The first-order valence-corrected chi connectivity index (χ1v) is 17.7. The maximum atomic E-state index is 13.1. The quantitative estimate of drug-likeness (QED) is 0.237. The van der Waals surface area contributed by atoms with E-state index in [1.165, 1.54) is 0 Å². The maximum absolute atomic E-state index is 13.1. The second-order valence-electron chi connectivity index (χ2n) is 12.4. The summed E-state index contributed by atoms with van der Waals surface area (Å²) < 4.78 is 31.1. The molecule has 5 atom stereocenters. The van der Waals surface area contributed by atoms with Crippen molar-refractivity contribution in [2.45, 2.75) is 89.4 Å². The third kappa shape index (κ3) is 9.47. The summed E-state index contributed by atoms with van der Waals surface area (Å²) in [6, 6.07) is 28.1. The summed E-state index contributed by atoms with van der Waals surface area (Å²) in [5.41, 5.74) is 2.81. The van der Waals surface area contributed by atoms with E-state index in [4.69, 9.17) is 23.4 Å². The van der Waals surface area contributed by atoms with Gasteiger partial charge in [0.25, 0.3) is 0 Å². The van der Waals surface area contributed by atoms with Gasteiger partial charge in [-0.15, -0.1) is 0 Å². The van der Waals surface area contributed by atoms with Crippen molar-refractivity contribution in [3.8, 4) is 0 Å². The van der Waals surface area contributed by atoms with Crippen LogP contribution >= 0.6 is 0 Å². The standard InChI is InChI=1S/C34H45NO7Si/c1-34(2,3)43(4,5)42-32-29(35-33(37)40-23-27-19-13-8-14-20-27)31(39-22-26-17-11-7-12-18-26)30(36)28(41-32)24-38-21-25-15-9-6-10-16-25/h6-20,28-32,36H,21-24H2,1-5H3,(H,35,37)/t28-,29-,30-,31-,32+/m1/s1. The SMILES string of the molecule is CC(C)(C)[Si](C)(C)O[C@@H]1O[C@H](COCc2ccccc2)[C@@H](O)[C@H](OCc2ccccc2)[C@H]1NC(=O)OCc1ccccc1. The van der Waals surface area contributed by atoms with E-state index in [1.54, 1.807) is 0 Å². The monoisotopic (exact) mass is 607 g/mol. The van der Waals surface area contributed by atoms with Crippen LogP contribution in [-0.2, 0) is 43.2 Å². The van der Waals surface area contributed by atoms with Gasteiger partial charge < -0.3 is 33.8 Å². The summed E-state index contributed by atoms with van der Waals surface area (Å²) in [6.45, 7) is 11.5. The summed E-state index contributed by atoms with van der Waals surface area (Å²) in [5, 5.41) is 14.4. The number of carbonyl (C=O) groups is 1. The van der Waals surface area contributed by atoms with Crippen LogP contribution in [0, 0.1) is 0 Å². The molecular weight excluding hydrogens is 562 g/mol. The third-order valence-electron chi connectivity index (χ3n) is 8.07. The van der Waals surface area contributed by atoms with Crippen LogP contribution in [0.15, 0.2) is 91.0 Å². The first kappa shape index (κ1) is 32.9. The normalized spacial score (nSPS) is 22.6. The minimum absolute atomic E-state index is 0.0993. The van der Waals surface area contributed by atoms with Crippen molar-refractivity contribution in [3.05, 3.63) is 108 Å². The number of rotatable bonds is 12. The number of ether oxygens (including phenoxy) is 4. The van der Waals surface area contributed by atoms with Crippen LogP contribution in [0.3, 0.4) is 0 Å². The summed E-state index contributed by atoms with van der Waals surface area (Å²) in [7, 11) is -2.40. The highest BCUT2D eigenvalue weighted by Crippen LogP contribution is 2.39. The van der Waals surface area contributed by atoms with Gasteiger partial charge >= 0.3 is 6.09 Å². The number of aliphatic hydroxyl groups excluding tert-OH is 1. The van der Waals surface area contributed by atoms with E-state index in [-0.39, 0.29) is 24.9 Å². The van der Waals surface area contributed by atoms with E-state index < -0.39 is 45.1 Å². The second-order valence-corrected chi connectivity index (χ2v) is 17.2. The molecule has 232 valence electrons. The number of carbonyl (C=O) groups excluding carboxylic acids is 1. The van der Waals surface area contributed by atoms with E-state index in [0.717, 1.165) is 16.7 Å². The molecule has 0 unspecified atom stereocenters. The number of amides is 1. The number of hydrogen-bond donors (Lipinski definition) is 2. The van der Waals surface area contributed by atoms with Gasteiger partial charge in [0.1, 0.15) is 31.0 Å². The lowest BCUT2D eigenvalue weighted by Crippen LogP contribution is -2.67. The fraction of sp³-hybridized carbons (Fsp3) is 0.441. The van der Waals surface area contributed by atoms with Crippen LogP contribution in [0.1, 0.15) is 37.5 Å². The van der Waals surface area contributed by atoms with Crippen molar-refractivity contribution in [2.75, 3.05) is 6.61 Å². The average Bonchev–Trinajstić information content (AvgIpc) is 2.99. The van der Waals surface area contributed by atoms with E-state index in [9.17, 15) is 9.90 Å². The minimum atomic E-state index is -2.40. The molecular formula is C34H45NO7Si. The smallest absolute Gasteiger partial charge is 0.407 e. The van der Waals surface area contributed by atoms with Gasteiger partial charge in [-0.1, -0.05) is 112 Å². The van der Waals surface area contributed by atoms with Gasteiger partial charge in [-0.05, 0) is 34.8 Å². The predicted octanol–water partition coefficient (Wildman–Crippen LogP) is 6.19. The first-order valence-electron chi connectivity index (χ1n) is 14.8. The fourth-order valence-electron chi connectivity index (χ4n) is 4.51. The molecule has 3 aromatic rings. The molecule has 8 nitrogen and oxygen atoms in total. The second kappa shape index (κ2) is 15.1. The van der Waals surface area contributed by atoms with Gasteiger partial charge in [0.15, 0.2) is 14.6 Å². The Hall–Kier alpha value is -3.05. The summed E-state index contributed by atoms with van der Waals surface area (Å²) in [5.74, 6) is 0. The van der Waals surface area contributed by atoms with Gasteiger partial charge in [-0.3, -0.25) is 0 Å².